The van der Waals surface area contributed by atoms with Crippen molar-refractivity contribution in [2.45, 2.75) is 33.7 Å². The van der Waals surface area contributed by atoms with Crippen molar-refractivity contribution in [3.8, 4) is 0 Å². The third-order valence-corrected chi connectivity index (χ3v) is 4.86. The average Bonchev–Trinajstić information content (AvgIpc) is 2.32. The fourth-order valence-corrected chi connectivity index (χ4v) is 3.38. The molecule has 0 aliphatic rings. The first-order chi connectivity index (χ1) is 8.72. The van der Waals surface area contributed by atoms with E-state index >= 15 is 0 Å². The lowest BCUT2D eigenvalue weighted by Crippen LogP contribution is -2.44. The smallest absolute Gasteiger partial charge is 0.327 e. The van der Waals surface area contributed by atoms with E-state index < -0.39 is 22.0 Å². The van der Waals surface area contributed by atoms with Gasteiger partial charge in [-0.3, -0.25) is 4.31 Å². The molecule has 1 N–H and O–H groups in total. The number of carbonyl (C=O) groups is 1. The summed E-state index contributed by atoms with van der Waals surface area (Å²) in [4.78, 5) is 11.2. The summed E-state index contributed by atoms with van der Waals surface area (Å²) in [5.74, 6) is -1.31. The molecule has 0 fully saturated rings. The lowest BCUT2D eigenvalue weighted by molar-refractivity contribution is -0.137. The van der Waals surface area contributed by atoms with E-state index in [0.717, 1.165) is 15.4 Å². The Morgan fingerprint density at radius 1 is 1.32 bits per heavy atom. The molecule has 0 spiro atoms. The molecule has 1 atom stereocenters. The van der Waals surface area contributed by atoms with Crippen molar-refractivity contribution in [3.63, 3.8) is 0 Å². The van der Waals surface area contributed by atoms with E-state index in [0.29, 0.717) is 5.69 Å². The Labute approximate surface area is 113 Å². The molecule has 5 nitrogen and oxygen atoms in total. The summed E-state index contributed by atoms with van der Waals surface area (Å²) >= 11 is 0. The molecule has 1 aromatic rings. The van der Waals surface area contributed by atoms with Crippen molar-refractivity contribution in [2.24, 2.45) is 0 Å². The molecule has 19 heavy (non-hydrogen) atoms. The molecule has 6 heteroatoms. The van der Waals surface area contributed by atoms with Crippen LogP contribution in [0.1, 0.15) is 25.0 Å². The van der Waals surface area contributed by atoms with Gasteiger partial charge in [0.2, 0.25) is 10.0 Å². The van der Waals surface area contributed by atoms with Crippen LogP contribution in [0.3, 0.4) is 0 Å². The van der Waals surface area contributed by atoms with Gasteiger partial charge in [-0.05, 0) is 38.8 Å². The first kappa shape index (κ1) is 15.5. The van der Waals surface area contributed by atoms with Crippen LogP contribution in [-0.2, 0) is 14.8 Å². The Morgan fingerprint density at radius 3 is 2.16 bits per heavy atom. The van der Waals surface area contributed by atoms with E-state index in [9.17, 15) is 13.2 Å². The van der Waals surface area contributed by atoms with Crippen LogP contribution in [0, 0.1) is 13.8 Å². The van der Waals surface area contributed by atoms with E-state index in [1.807, 2.05) is 6.07 Å². The molecule has 106 valence electrons. The second kappa shape index (κ2) is 5.61. The number of para-hydroxylation sites is 1. The molecule has 1 rings (SSSR count). The second-order valence-corrected chi connectivity index (χ2v) is 6.59. The monoisotopic (exact) mass is 285 g/mol. The van der Waals surface area contributed by atoms with Gasteiger partial charge < -0.3 is 5.11 Å². The van der Waals surface area contributed by atoms with Crippen LogP contribution in [0.15, 0.2) is 18.2 Å². The van der Waals surface area contributed by atoms with E-state index in [2.05, 4.69) is 0 Å². The number of hydrogen-bond donors (Lipinski definition) is 1. The van der Waals surface area contributed by atoms with Gasteiger partial charge in [-0.1, -0.05) is 18.2 Å². The number of carboxylic acids is 1. The number of aryl methyl sites for hydroxylation is 2. The van der Waals surface area contributed by atoms with Gasteiger partial charge in [0.15, 0.2) is 0 Å². The van der Waals surface area contributed by atoms with Gasteiger partial charge in [-0.25, -0.2) is 13.2 Å². The Balaban J connectivity index is 3.54. The fourth-order valence-electron chi connectivity index (χ4n) is 1.97. The minimum absolute atomic E-state index is 0.140. The highest BCUT2D eigenvalue weighted by molar-refractivity contribution is 7.92. The van der Waals surface area contributed by atoms with Gasteiger partial charge in [0.25, 0.3) is 0 Å². The maximum absolute atomic E-state index is 12.2. The van der Waals surface area contributed by atoms with E-state index in [1.54, 1.807) is 26.0 Å². The predicted molar refractivity (Wildman–Crippen MR) is 75.0 cm³/mol. The molecule has 0 radical (unpaired) electrons. The molecule has 0 saturated carbocycles. The number of anilines is 1. The Hall–Kier alpha value is -1.56. The zero-order valence-electron chi connectivity index (χ0n) is 11.5. The van der Waals surface area contributed by atoms with E-state index in [1.165, 1.54) is 13.8 Å². The van der Waals surface area contributed by atoms with Crippen LogP contribution in [0.2, 0.25) is 0 Å². The van der Waals surface area contributed by atoms with Crippen molar-refractivity contribution in [1.82, 2.24) is 0 Å². The van der Waals surface area contributed by atoms with E-state index in [-0.39, 0.29) is 5.75 Å². The maximum Gasteiger partial charge on any atom is 0.327 e. The van der Waals surface area contributed by atoms with Crippen molar-refractivity contribution in [3.05, 3.63) is 29.3 Å². The highest BCUT2D eigenvalue weighted by Gasteiger charge is 2.32. The first-order valence-electron chi connectivity index (χ1n) is 6.03. The van der Waals surface area contributed by atoms with Crippen LogP contribution in [0.5, 0.6) is 0 Å². The molecule has 0 aliphatic carbocycles. The number of carboxylic acid groups (broad SMARTS) is 1. The molecule has 1 aromatic carbocycles. The Kier molecular flexibility index (Phi) is 4.57. The molecular formula is C13H19NO4S. The summed E-state index contributed by atoms with van der Waals surface area (Å²) in [7, 11) is -3.65. The molecule has 0 bridgehead atoms. The first-order valence-corrected chi connectivity index (χ1v) is 7.64. The Morgan fingerprint density at radius 2 is 1.79 bits per heavy atom. The van der Waals surface area contributed by atoms with Gasteiger partial charge in [0.1, 0.15) is 6.04 Å². The van der Waals surface area contributed by atoms with Crippen LogP contribution in [0.4, 0.5) is 5.69 Å². The minimum Gasteiger partial charge on any atom is -0.480 e. The number of nitrogens with zero attached hydrogens (tertiary/aromatic N) is 1. The van der Waals surface area contributed by atoms with Gasteiger partial charge in [-0.15, -0.1) is 0 Å². The molecule has 0 aromatic heterocycles. The SMILES string of the molecule is CCS(=O)(=O)N(c1c(C)cccc1C)[C@@H](C)C(=O)O. The minimum atomic E-state index is -3.65. The van der Waals surface area contributed by atoms with Crippen LogP contribution in [-0.4, -0.2) is 31.3 Å². The average molecular weight is 285 g/mol. The van der Waals surface area contributed by atoms with Gasteiger partial charge in [0.05, 0.1) is 11.4 Å². The predicted octanol–water partition coefficient (Wildman–Crippen LogP) is 1.93. The topological polar surface area (TPSA) is 74.7 Å². The highest BCUT2D eigenvalue weighted by atomic mass is 32.2. The summed E-state index contributed by atoms with van der Waals surface area (Å²) in [6.45, 7) is 6.43. The number of rotatable bonds is 5. The quantitative estimate of drug-likeness (QED) is 0.897. The summed E-state index contributed by atoms with van der Waals surface area (Å²) in [6, 6.07) is 4.23. The lowest BCUT2D eigenvalue weighted by Gasteiger charge is -2.30. The van der Waals surface area contributed by atoms with Crippen LogP contribution in [0.25, 0.3) is 0 Å². The summed E-state index contributed by atoms with van der Waals surface area (Å²) < 4.78 is 25.4. The van der Waals surface area contributed by atoms with Crippen LogP contribution >= 0.6 is 0 Å². The third-order valence-electron chi connectivity index (χ3n) is 3.03. The largest absolute Gasteiger partial charge is 0.480 e. The molecule has 0 heterocycles. The van der Waals surface area contributed by atoms with Gasteiger partial charge >= 0.3 is 5.97 Å². The second-order valence-electron chi connectivity index (χ2n) is 4.45. The van der Waals surface area contributed by atoms with Gasteiger partial charge in [-0.2, -0.15) is 0 Å². The normalized spacial score (nSPS) is 13.1. The third kappa shape index (κ3) is 3.07. The van der Waals surface area contributed by atoms with Crippen molar-refractivity contribution >= 4 is 21.7 Å². The summed E-state index contributed by atoms with van der Waals surface area (Å²) in [6.07, 6.45) is 0. The molecule has 0 unspecified atom stereocenters. The Bertz CT molecular complexity index is 560. The fraction of sp³-hybridized carbons (Fsp3) is 0.462. The molecular weight excluding hydrogens is 266 g/mol. The number of benzene rings is 1. The van der Waals surface area contributed by atoms with Crippen molar-refractivity contribution < 1.29 is 18.3 Å². The lowest BCUT2D eigenvalue weighted by atomic mass is 10.1. The van der Waals surface area contributed by atoms with Gasteiger partial charge in [0, 0.05) is 0 Å². The zero-order chi connectivity index (χ0) is 14.8. The molecule has 0 aliphatic heterocycles. The number of aliphatic carboxylic acids is 1. The maximum atomic E-state index is 12.2. The van der Waals surface area contributed by atoms with Crippen molar-refractivity contribution in [2.75, 3.05) is 10.1 Å². The van der Waals surface area contributed by atoms with E-state index in [4.69, 9.17) is 5.11 Å². The zero-order valence-corrected chi connectivity index (χ0v) is 12.4. The summed E-state index contributed by atoms with van der Waals surface area (Å²) in [5, 5.41) is 9.15. The number of sulfonamides is 1. The highest BCUT2D eigenvalue weighted by Crippen LogP contribution is 2.29. The summed E-state index contributed by atoms with van der Waals surface area (Å²) in [5.41, 5.74) is 1.94. The van der Waals surface area contributed by atoms with Crippen molar-refractivity contribution in [1.29, 1.82) is 0 Å². The standard InChI is InChI=1S/C13H19NO4S/c1-5-19(17,18)14(11(4)13(15)16)12-9(2)7-6-8-10(12)3/h6-8,11H,5H2,1-4H3,(H,15,16)/t11-/m0/s1. The van der Waals surface area contributed by atoms with Crippen LogP contribution < -0.4 is 4.31 Å². The number of hydrogen-bond acceptors (Lipinski definition) is 3. The molecule has 0 amide bonds. The molecule has 0 saturated heterocycles.